The Morgan fingerprint density at radius 3 is 2.43 bits per heavy atom. The Balaban J connectivity index is 1.99. The Bertz CT molecular complexity index is 1250. The van der Waals surface area contributed by atoms with Crippen LogP contribution in [0.4, 0.5) is 19.3 Å². The second-order valence-corrected chi connectivity index (χ2v) is 10.2. The minimum absolute atomic E-state index is 0.0708. The topological polar surface area (TPSA) is 42.0 Å². The van der Waals surface area contributed by atoms with Crippen molar-refractivity contribution in [1.29, 1.82) is 0 Å². The number of hydrogen-bond acceptors (Lipinski definition) is 3. The Morgan fingerprint density at radius 1 is 1.19 bits per heavy atom. The van der Waals surface area contributed by atoms with Crippen LogP contribution in [0.5, 0.6) is 17.2 Å². The van der Waals surface area contributed by atoms with Gasteiger partial charge < -0.3 is 9.47 Å². The van der Waals surface area contributed by atoms with E-state index in [2.05, 4.69) is 35.5 Å². The highest BCUT2D eigenvalue weighted by Gasteiger charge is 2.37. The molecule has 1 heterocycles. The number of urea groups is 1. The number of hydrogen-bond donors (Lipinski definition) is 0. The van der Waals surface area contributed by atoms with E-state index in [-0.39, 0.29) is 28.9 Å². The molecule has 0 radical (unpaired) electrons. The first kappa shape index (κ1) is 28.4. The van der Waals surface area contributed by atoms with Crippen LogP contribution in [0, 0.1) is 5.82 Å². The van der Waals surface area contributed by atoms with Crippen LogP contribution in [0.1, 0.15) is 47.5 Å². The van der Waals surface area contributed by atoms with E-state index in [1.54, 1.807) is 6.07 Å². The molecule has 0 N–H and O–H groups in total. The number of anilines is 1. The quantitative estimate of drug-likeness (QED) is 0.281. The van der Waals surface area contributed by atoms with Gasteiger partial charge in [-0.25, -0.2) is 13.6 Å². The van der Waals surface area contributed by atoms with Gasteiger partial charge in [-0.15, -0.1) is 0 Å². The molecule has 0 aliphatic carbocycles. The molecule has 37 heavy (non-hydrogen) atoms. The average Bonchev–Trinajstić information content (AvgIpc) is 2.82. The van der Waals surface area contributed by atoms with E-state index < -0.39 is 17.5 Å². The number of benzene rings is 2. The van der Waals surface area contributed by atoms with Crippen LogP contribution in [-0.2, 0) is 0 Å². The van der Waals surface area contributed by atoms with E-state index in [1.807, 2.05) is 32.0 Å². The maximum Gasteiger partial charge on any atom is 0.333 e. The van der Waals surface area contributed by atoms with Crippen molar-refractivity contribution in [2.24, 2.45) is 0 Å². The lowest BCUT2D eigenvalue weighted by molar-refractivity contribution is 0.189. The molecule has 0 saturated carbocycles. The summed E-state index contributed by atoms with van der Waals surface area (Å²) in [5, 5.41) is 0. The van der Waals surface area contributed by atoms with E-state index in [0.717, 1.165) is 28.2 Å². The van der Waals surface area contributed by atoms with Crippen molar-refractivity contribution in [2.75, 3.05) is 11.9 Å². The molecule has 3 rings (SSSR count). The third-order valence-corrected chi connectivity index (χ3v) is 6.64. The summed E-state index contributed by atoms with van der Waals surface area (Å²) in [7, 11) is 1.44. The van der Waals surface area contributed by atoms with Crippen molar-refractivity contribution in [1.82, 2.24) is 4.90 Å². The number of carbonyl (C=O) groups is 1. The number of nitrogens with zero attached hydrogens (tertiary/aromatic N) is 2. The van der Waals surface area contributed by atoms with Crippen molar-refractivity contribution in [3.05, 3.63) is 82.4 Å². The Morgan fingerprint density at radius 2 is 1.84 bits per heavy atom. The smallest absolute Gasteiger partial charge is 0.333 e. The average molecular weight is 575 g/mol. The first-order chi connectivity index (χ1) is 17.4. The molecular formula is C29H33BrF2N2O3. The van der Waals surface area contributed by atoms with Gasteiger partial charge in [-0.3, -0.25) is 9.80 Å². The lowest BCUT2D eigenvalue weighted by atomic mass is 10.0. The maximum atomic E-state index is 15.2. The molecule has 2 amide bonds. The molecule has 2 aromatic carbocycles. The molecule has 5 nitrogen and oxygen atoms in total. The molecule has 1 unspecified atom stereocenters. The predicted octanol–water partition coefficient (Wildman–Crippen LogP) is 8.91. The standard InChI is InChI=1S/C29H33BrF2N2O3/c1-8-12-18(3)23(9-2)36-24-13-10-11-14-25(24)37-26-17-22(21(31)16-20(26)30)34-19(4)15-27(29(5,6)32)33(7)28(34)35/h10-17,23H,4,8-9H2,1-3,5-7H3/b18-12-. The minimum atomic E-state index is -1.78. The zero-order valence-electron chi connectivity index (χ0n) is 22.1. The van der Waals surface area contributed by atoms with Crippen molar-refractivity contribution < 1.29 is 23.0 Å². The molecule has 0 spiro atoms. The zero-order chi connectivity index (χ0) is 27.5. The van der Waals surface area contributed by atoms with Crippen LogP contribution < -0.4 is 14.4 Å². The maximum absolute atomic E-state index is 15.2. The number of allylic oxidation sites excluding steroid dienone is 3. The Labute approximate surface area is 226 Å². The van der Waals surface area contributed by atoms with Crippen molar-refractivity contribution >= 4 is 27.6 Å². The molecule has 2 aromatic rings. The van der Waals surface area contributed by atoms with Crippen molar-refractivity contribution in [3.63, 3.8) is 0 Å². The van der Waals surface area contributed by atoms with Crippen LogP contribution in [-0.4, -0.2) is 29.8 Å². The first-order valence-corrected chi connectivity index (χ1v) is 12.9. The summed E-state index contributed by atoms with van der Waals surface area (Å²) in [5.41, 5.74) is -0.448. The molecule has 0 aromatic heterocycles. The van der Waals surface area contributed by atoms with Crippen molar-refractivity contribution in [3.8, 4) is 17.2 Å². The van der Waals surface area contributed by atoms with Gasteiger partial charge in [-0.05, 0) is 79.4 Å². The Kier molecular flexibility index (Phi) is 8.84. The highest BCUT2D eigenvalue weighted by Crippen LogP contribution is 2.41. The predicted molar refractivity (Wildman–Crippen MR) is 147 cm³/mol. The summed E-state index contributed by atoms with van der Waals surface area (Å²) in [6, 6.07) is 9.22. The molecule has 0 bridgehead atoms. The van der Waals surface area contributed by atoms with Gasteiger partial charge in [0.1, 0.15) is 23.3 Å². The second kappa shape index (κ2) is 11.5. The summed E-state index contributed by atoms with van der Waals surface area (Å²) in [6.07, 6.45) is 5.12. The first-order valence-electron chi connectivity index (χ1n) is 12.2. The summed E-state index contributed by atoms with van der Waals surface area (Å²) in [5.74, 6) is 0.567. The van der Waals surface area contributed by atoms with E-state index in [0.29, 0.717) is 16.0 Å². The fourth-order valence-corrected chi connectivity index (χ4v) is 4.54. The third-order valence-electron chi connectivity index (χ3n) is 6.02. The largest absolute Gasteiger partial charge is 0.482 e. The van der Waals surface area contributed by atoms with Gasteiger partial charge in [-0.2, -0.15) is 0 Å². The summed E-state index contributed by atoms with van der Waals surface area (Å²) in [4.78, 5) is 15.4. The summed E-state index contributed by atoms with van der Waals surface area (Å²) < 4.78 is 42.6. The minimum Gasteiger partial charge on any atom is -0.482 e. The molecule has 8 heteroatoms. The van der Waals surface area contributed by atoms with Gasteiger partial charge in [0.15, 0.2) is 11.5 Å². The molecule has 1 aliphatic heterocycles. The number of amides is 2. The number of halogens is 3. The Hall–Kier alpha value is -3.13. The van der Waals surface area contributed by atoms with Gasteiger partial charge in [0.2, 0.25) is 0 Å². The van der Waals surface area contributed by atoms with E-state index in [4.69, 9.17) is 9.47 Å². The highest BCUT2D eigenvalue weighted by atomic mass is 79.9. The zero-order valence-corrected chi connectivity index (χ0v) is 23.7. The van der Waals surface area contributed by atoms with E-state index in [1.165, 1.54) is 39.1 Å². The molecule has 0 saturated heterocycles. The van der Waals surface area contributed by atoms with Crippen molar-refractivity contribution in [2.45, 2.75) is 59.2 Å². The fourth-order valence-electron chi connectivity index (χ4n) is 4.15. The lowest BCUT2D eigenvalue weighted by Gasteiger charge is -2.38. The monoisotopic (exact) mass is 574 g/mol. The fraction of sp³-hybridized carbons (Fsp3) is 0.345. The van der Waals surface area contributed by atoms with Gasteiger partial charge in [0.25, 0.3) is 0 Å². The lowest BCUT2D eigenvalue weighted by Crippen LogP contribution is -2.47. The van der Waals surface area contributed by atoms with Crippen LogP contribution in [0.3, 0.4) is 0 Å². The van der Waals surface area contributed by atoms with Crippen LogP contribution in [0.2, 0.25) is 0 Å². The number of rotatable bonds is 9. The van der Waals surface area contributed by atoms with E-state index >= 15 is 4.39 Å². The second-order valence-electron chi connectivity index (χ2n) is 9.32. The number of para-hydroxylation sites is 2. The van der Waals surface area contributed by atoms with Crippen LogP contribution in [0.15, 0.2) is 76.6 Å². The van der Waals surface area contributed by atoms with Gasteiger partial charge in [0.05, 0.1) is 15.9 Å². The molecule has 0 fully saturated rings. The SMILES string of the molecule is C=C1C=C(C(C)(C)F)N(C)C(=O)N1c1cc(Oc2ccccc2OC(CC)/C(C)=C\CC)c(Br)cc1F. The normalized spacial score (nSPS) is 15.6. The summed E-state index contributed by atoms with van der Waals surface area (Å²) in [6.45, 7) is 12.7. The van der Waals surface area contributed by atoms with Crippen LogP contribution in [0.25, 0.3) is 0 Å². The van der Waals surface area contributed by atoms with Gasteiger partial charge >= 0.3 is 6.03 Å². The van der Waals surface area contributed by atoms with Gasteiger partial charge in [-0.1, -0.05) is 38.6 Å². The molecule has 1 aliphatic rings. The summed E-state index contributed by atoms with van der Waals surface area (Å²) >= 11 is 3.36. The number of ether oxygens (including phenoxy) is 2. The highest BCUT2D eigenvalue weighted by molar-refractivity contribution is 9.10. The molecule has 1 atom stereocenters. The van der Waals surface area contributed by atoms with Gasteiger partial charge in [0, 0.05) is 18.8 Å². The molecule has 198 valence electrons. The number of alkyl halides is 1. The van der Waals surface area contributed by atoms with E-state index in [9.17, 15) is 9.18 Å². The number of carbonyl (C=O) groups excluding carboxylic acids is 1. The third kappa shape index (κ3) is 6.24. The molecular weight excluding hydrogens is 542 g/mol. The van der Waals surface area contributed by atoms with Crippen LogP contribution >= 0.6 is 15.9 Å².